The molecule has 27 heavy (non-hydrogen) atoms. The third-order valence-corrected chi connectivity index (χ3v) is 3.73. The molecule has 0 aliphatic carbocycles. The minimum absolute atomic E-state index is 0.332. The molecular weight excluding hydrogens is 341 g/mol. The first kappa shape index (κ1) is 18.4. The van der Waals surface area contributed by atoms with Gasteiger partial charge in [-0.05, 0) is 50.2 Å². The van der Waals surface area contributed by atoms with Crippen LogP contribution >= 0.6 is 0 Å². The summed E-state index contributed by atoms with van der Waals surface area (Å²) < 4.78 is 25.0. The number of halogens is 1. The molecule has 3 aromatic rings. The zero-order chi connectivity index (χ0) is 19.1. The fraction of sp³-hybridized carbons (Fsp3) is 0.0870. The molecule has 3 rings (SSSR count). The number of aryl methyl sites for hydroxylation is 1. The zero-order valence-electron chi connectivity index (χ0n) is 15.2. The lowest BCUT2D eigenvalue weighted by Crippen LogP contribution is -2.11. The first-order valence-electron chi connectivity index (χ1n) is 8.58. The van der Waals surface area contributed by atoms with Crippen molar-refractivity contribution in [2.75, 3.05) is 0 Å². The van der Waals surface area contributed by atoms with E-state index in [0.29, 0.717) is 23.0 Å². The van der Waals surface area contributed by atoms with Crippen LogP contribution in [0.25, 0.3) is 0 Å². The van der Waals surface area contributed by atoms with Gasteiger partial charge in [0.2, 0.25) is 5.90 Å². The fourth-order valence-corrected chi connectivity index (χ4v) is 2.28. The fourth-order valence-electron chi connectivity index (χ4n) is 2.28. The van der Waals surface area contributed by atoms with Crippen molar-refractivity contribution in [1.29, 1.82) is 0 Å². The molecule has 0 amide bonds. The minimum Gasteiger partial charge on any atom is -0.465 e. The molecule has 0 saturated carbocycles. The van der Waals surface area contributed by atoms with E-state index in [9.17, 15) is 4.39 Å². The van der Waals surface area contributed by atoms with E-state index >= 15 is 0 Å². The summed E-state index contributed by atoms with van der Waals surface area (Å²) in [7, 11) is 0. The summed E-state index contributed by atoms with van der Waals surface area (Å²) in [5.41, 5.74) is 2.56. The highest BCUT2D eigenvalue weighted by Gasteiger charge is 2.08. The molecule has 0 unspecified atom stereocenters. The Labute approximate surface area is 158 Å². The average Bonchev–Trinajstić information content (AvgIpc) is 2.68. The van der Waals surface area contributed by atoms with Crippen molar-refractivity contribution in [3.63, 3.8) is 0 Å². The minimum atomic E-state index is -0.371. The number of rotatable bonds is 5. The van der Waals surface area contributed by atoms with Gasteiger partial charge >= 0.3 is 0 Å². The number of nitrogens with zero attached hydrogens (tertiary/aromatic N) is 1. The van der Waals surface area contributed by atoms with Crippen LogP contribution < -0.4 is 9.47 Å². The Morgan fingerprint density at radius 3 is 2.33 bits per heavy atom. The molecule has 0 saturated heterocycles. The standard InChI is InChI=1S/C23H20FNO2/c1-17-11-13-21(14-12-17)26-16-18(2)23(25-20-8-4-3-5-9-20)27-22-10-6-7-19(24)15-22/h3-16H,1-2H3/b18-16+,25-23?. The second kappa shape index (κ2) is 8.81. The molecule has 3 nitrogen and oxygen atoms in total. The SMILES string of the molecule is C/C(=C\Oc1ccc(C)cc1)C(=Nc1ccccc1)Oc1cccc(F)c1. The topological polar surface area (TPSA) is 30.8 Å². The molecule has 136 valence electrons. The Bertz CT molecular complexity index is 948. The maximum atomic E-state index is 13.5. The number of para-hydroxylation sites is 1. The number of hydrogen-bond donors (Lipinski definition) is 0. The summed E-state index contributed by atoms with van der Waals surface area (Å²) in [5, 5.41) is 0. The van der Waals surface area contributed by atoms with Crippen molar-refractivity contribution in [2.24, 2.45) is 4.99 Å². The Morgan fingerprint density at radius 1 is 0.889 bits per heavy atom. The maximum Gasteiger partial charge on any atom is 0.225 e. The lowest BCUT2D eigenvalue weighted by Gasteiger charge is -2.10. The molecule has 0 bridgehead atoms. The van der Waals surface area contributed by atoms with Crippen LogP contribution in [0.5, 0.6) is 11.5 Å². The van der Waals surface area contributed by atoms with E-state index in [1.807, 2.05) is 68.4 Å². The van der Waals surface area contributed by atoms with E-state index in [1.165, 1.54) is 12.1 Å². The third-order valence-electron chi connectivity index (χ3n) is 3.73. The van der Waals surface area contributed by atoms with Gasteiger partial charge in [0, 0.05) is 11.6 Å². The lowest BCUT2D eigenvalue weighted by atomic mass is 10.2. The number of ether oxygens (including phenoxy) is 2. The molecule has 0 aromatic heterocycles. The predicted octanol–water partition coefficient (Wildman–Crippen LogP) is 6.23. The van der Waals surface area contributed by atoms with Crippen LogP contribution in [0.3, 0.4) is 0 Å². The van der Waals surface area contributed by atoms with Crippen LogP contribution in [0.2, 0.25) is 0 Å². The van der Waals surface area contributed by atoms with Crippen molar-refractivity contribution < 1.29 is 13.9 Å². The van der Waals surface area contributed by atoms with Gasteiger partial charge in [-0.2, -0.15) is 0 Å². The monoisotopic (exact) mass is 361 g/mol. The van der Waals surface area contributed by atoms with Crippen LogP contribution in [-0.4, -0.2) is 5.90 Å². The van der Waals surface area contributed by atoms with Gasteiger partial charge < -0.3 is 9.47 Å². The summed E-state index contributed by atoms with van der Waals surface area (Å²) in [6.45, 7) is 3.84. The van der Waals surface area contributed by atoms with E-state index in [4.69, 9.17) is 9.47 Å². The smallest absolute Gasteiger partial charge is 0.225 e. The van der Waals surface area contributed by atoms with E-state index < -0.39 is 0 Å². The van der Waals surface area contributed by atoms with Crippen LogP contribution in [0.1, 0.15) is 12.5 Å². The van der Waals surface area contributed by atoms with Gasteiger partial charge in [0.15, 0.2) is 0 Å². The zero-order valence-corrected chi connectivity index (χ0v) is 15.2. The largest absolute Gasteiger partial charge is 0.465 e. The van der Waals surface area contributed by atoms with Gasteiger partial charge in [-0.1, -0.05) is 42.0 Å². The average molecular weight is 361 g/mol. The molecule has 0 N–H and O–H groups in total. The highest BCUT2D eigenvalue weighted by Crippen LogP contribution is 2.19. The summed E-state index contributed by atoms with van der Waals surface area (Å²) in [4.78, 5) is 4.53. The number of benzene rings is 3. The first-order chi connectivity index (χ1) is 13.1. The van der Waals surface area contributed by atoms with Crippen LogP contribution in [0.4, 0.5) is 10.1 Å². The molecule has 0 atom stereocenters. The third kappa shape index (κ3) is 5.54. The first-order valence-corrected chi connectivity index (χ1v) is 8.58. The van der Waals surface area contributed by atoms with Crippen molar-refractivity contribution >= 4 is 11.6 Å². The van der Waals surface area contributed by atoms with Crippen LogP contribution in [-0.2, 0) is 0 Å². The summed E-state index contributed by atoms with van der Waals surface area (Å²) in [6.07, 6.45) is 1.58. The Kier molecular flexibility index (Phi) is 6.00. The molecule has 0 aliphatic rings. The van der Waals surface area contributed by atoms with Crippen molar-refractivity contribution in [2.45, 2.75) is 13.8 Å². The molecule has 3 aromatic carbocycles. The van der Waals surface area contributed by atoms with Crippen LogP contribution in [0.15, 0.2) is 95.7 Å². The summed E-state index contributed by atoms with van der Waals surface area (Å²) >= 11 is 0. The van der Waals surface area contributed by atoms with Crippen LogP contribution in [0, 0.1) is 12.7 Å². The highest BCUT2D eigenvalue weighted by atomic mass is 19.1. The van der Waals surface area contributed by atoms with E-state index in [1.54, 1.807) is 18.4 Å². The second-order valence-electron chi connectivity index (χ2n) is 6.04. The van der Waals surface area contributed by atoms with Gasteiger partial charge in [-0.25, -0.2) is 9.38 Å². The Balaban J connectivity index is 1.87. The Hall–Kier alpha value is -3.40. The molecular formula is C23H20FNO2. The van der Waals surface area contributed by atoms with E-state index in [2.05, 4.69) is 4.99 Å². The van der Waals surface area contributed by atoms with Crippen molar-refractivity contribution in [1.82, 2.24) is 0 Å². The van der Waals surface area contributed by atoms with Gasteiger partial charge in [-0.3, -0.25) is 0 Å². The quantitative estimate of drug-likeness (QED) is 0.306. The highest BCUT2D eigenvalue weighted by molar-refractivity contribution is 5.96. The molecule has 0 aliphatic heterocycles. The molecule has 0 radical (unpaired) electrons. The van der Waals surface area contributed by atoms with E-state index in [-0.39, 0.29) is 5.82 Å². The number of aliphatic imine (C=N–C) groups is 1. The van der Waals surface area contributed by atoms with E-state index in [0.717, 1.165) is 11.3 Å². The summed E-state index contributed by atoms with van der Waals surface area (Å²) in [5.74, 6) is 1.04. The molecule has 0 spiro atoms. The lowest BCUT2D eigenvalue weighted by molar-refractivity contribution is 0.473. The maximum absolute atomic E-state index is 13.5. The summed E-state index contributed by atoms with van der Waals surface area (Å²) in [6, 6.07) is 23.1. The molecule has 4 heteroatoms. The van der Waals surface area contributed by atoms with Crippen molar-refractivity contribution in [3.8, 4) is 11.5 Å². The van der Waals surface area contributed by atoms with Gasteiger partial charge in [0.25, 0.3) is 0 Å². The Morgan fingerprint density at radius 2 is 1.63 bits per heavy atom. The van der Waals surface area contributed by atoms with Gasteiger partial charge in [-0.15, -0.1) is 0 Å². The number of hydrogen-bond acceptors (Lipinski definition) is 3. The molecule has 0 fully saturated rings. The predicted molar refractivity (Wildman–Crippen MR) is 106 cm³/mol. The van der Waals surface area contributed by atoms with Crippen molar-refractivity contribution in [3.05, 3.63) is 102 Å². The van der Waals surface area contributed by atoms with Gasteiger partial charge in [0.1, 0.15) is 17.3 Å². The second-order valence-corrected chi connectivity index (χ2v) is 6.04. The van der Waals surface area contributed by atoms with Gasteiger partial charge in [0.05, 0.1) is 11.9 Å². The molecule has 0 heterocycles. The normalized spacial score (nSPS) is 12.0.